The number of anilines is 1. The number of benzene rings is 2. The zero-order valence-corrected chi connectivity index (χ0v) is 19.2. The Bertz CT molecular complexity index is 1130. The highest BCUT2D eigenvalue weighted by Crippen LogP contribution is 2.37. The minimum Gasteiger partial charge on any atom is -0.489 e. The van der Waals surface area contributed by atoms with E-state index in [-0.39, 0.29) is 5.97 Å². The Balaban J connectivity index is 1.70. The number of allylic oxidation sites excluding steroid dienone is 1. The van der Waals surface area contributed by atoms with Gasteiger partial charge < -0.3 is 14.8 Å². The molecule has 1 atom stereocenters. The van der Waals surface area contributed by atoms with E-state index < -0.39 is 6.04 Å². The molecule has 166 valence electrons. The van der Waals surface area contributed by atoms with Crippen LogP contribution in [0.4, 0.5) is 5.95 Å². The summed E-state index contributed by atoms with van der Waals surface area (Å²) in [5.74, 6) is 1.81. The Hall–Kier alpha value is -3.26. The lowest BCUT2D eigenvalue weighted by atomic mass is 9.95. The molecule has 0 amide bonds. The molecule has 2 aromatic carbocycles. The average molecular weight is 451 g/mol. The quantitative estimate of drug-likeness (QED) is 0.389. The summed E-state index contributed by atoms with van der Waals surface area (Å²) in [4.78, 5) is 17.5. The van der Waals surface area contributed by atoms with Gasteiger partial charge in [0, 0.05) is 5.70 Å². The summed E-state index contributed by atoms with van der Waals surface area (Å²) < 4.78 is 13.2. The van der Waals surface area contributed by atoms with Gasteiger partial charge in [0.05, 0.1) is 12.2 Å². The van der Waals surface area contributed by atoms with E-state index in [1.165, 1.54) is 0 Å². The number of rotatable bonds is 8. The first kappa shape index (κ1) is 22.0. The summed E-state index contributed by atoms with van der Waals surface area (Å²) in [5, 5.41) is 8.55. The van der Waals surface area contributed by atoms with Crippen molar-refractivity contribution in [1.82, 2.24) is 14.8 Å². The van der Waals surface area contributed by atoms with Crippen LogP contribution in [0.5, 0.6) is 5.75 Å². The molecule has 1 aliphatic rings. The fraction of sp³-hybridized carbons (Fsp3) is 0.292. The first-order valence-electron chi connectivity index (χ1n) is 10.6. The third-order valence-electron chi connectivity index (χ3n) is 5.02. The molecule has 3 aromatic rings. The Morgan fingerprint density at radius 2 is 1.97 bits per heavy atom. The van der Waals surface area contributed by atoms with Crippen LogP contribution in [0, 0.1) is 0 Å². The van der Waals surface area contributed by atoms with Crippen molar-refractivity contribution in [2.45, 2.75) is 38.6 Å². The zero-order chi connectivity index (χ0) is 22.5. The first-order chi connectivity index (χ1) is 15.6. The van der Waals surface area contributed by atoms with Crippen molar-refractivity contribution in [1.29, 1.82) is 0 Å². The lowest BCUT2D eigenvalue weighted by Crippen LogP contribution is -2.29. The number of nitrogens with zero attached hydrogens (tertiary/aromatic N) is 3. The molecular weight excluding hydrogens is 424 g/mol. The fourth-order valence-corrected chi connectivity index (χ4v) is 4.17. The van der Waals surface area contributed by atoms with Gasteiger partial charge in [-0.1, -0.05) is 61.2 Å². The molecule has 32 heavy (non-hydrogen) atoms. The van der Waals surface area contributed by atoms with Gasteiger partial charge in [0.1, 0.15) is 18.4 Å². The van der Waals surface area contributed by atoms with E-state index in [9.17, 15) is 4.79 Å². The number of hydrogen-bond acceptors (Lipinski definition) is 7. The third-order valence-corrected chi connectivity index (χ3v) is 5.74. The summed E-state index contributed by atoms with van der Waals surface area (Å²) in [6.45, 7) is 6.47. The van der Waals surface area contributed by atoms with Crippen LogP contribution < -0.4 is 10.1 Å². The number of hydrogen-bond donors (Lipinski definition) is 1. The van der Waals surface area contributed by atoms with Crippen LogP contribution >= 0.6 is 11.8 Å². The SMILES string of the molecule is CCOC(=O)C1=C(C)Nc2nc(SCC)nn2C1c1cccc(OCc2ccccc2)c1. The molecule has 1 N–H and O–H groups in total. The maximum absolute atomic E-state index is 12.9. The van der Waals surface area contributed by atoms with Gasteiger partial charge in [-0.25, -0.2) is 9.48 Å². The number of esters is 1. The molecule has 4 rings (SSSR count). The summed E-state index contributed by atoms with van der Waals surface area (Å²) in [6, 6.07) is 17.3. The number of ether oxygens (including phenoxy) is 2. The van der Waals surface area contributed by atoms with E-state index in [1.54, 1.807) is 23.4 Å². The first-order valence-corrected chi connectivity index (χ1v) is 11.6. The molecular formula is C24H26N4O3S. The van der Waals surface area contributed by atoms with Gasteiger partial charge in [0.15, 0.2) is 0 Å². The largest absolute Gasteiger partial charge is 0.489 e. The fourth-order valence-electron chi connectivity index (χ4n) is 3.62. The van der Waals surface area contributed by atoms with Crippen LogP contribution in [0.2, 0.25) is 0 Å². The number of thioether (sulfide) groups is 1. The summed E-state index contributed by atoms with van der Waals surface area (Å²) in [7, 11) is 0. The summed E-state index contributed by atoms with van der Waals surface area (Å²) in [6.07, 6.45) is 0. The van der Waals surface area contributed by atoms with Crippen molar-refractivity contribution in [3.8, 4) is 5.75 Å². The molecule has 0 saturated carbocycles. The van der Waals surface area contributed by atoms with E-state index in [1.807, 2.05) is 61.5 Å². The second-order valence-electron chi connectivity index (χ2n) is 7.23. The minimum absolute atomic E-state index is 0.295. The standard InChI is InChI=1S/C24H26N4O3S/c1-4-30-22(29)20-16(3)25-23-26-24(32-5-2)27-28(23)21(20)18-12-9-13-19(14-18)31-15-17-10-7-6-8-11-17/h6-14,21H,4-5,15H2,1-3H3,(H,25,26,27). The number of fused-ring (bicyclic) bond motifs is 1. The van der Waals surface area contributed by atoms with Crippen LogP contribution in [-0.4, -0.2) is 33.1 Å². The van der Waals surface area contributed by atoms with Gasteiger partial charge in [-0.3, -0.25) is 0 Å². The monoisotopic (exact) mass is 450 g/mol. The molecule has 1 aromatic heterocycles. The Morgan fingerprint density at radius 1 is 1.16 bits per heavy atom. The van der Waals surface area contributed by atoms with E-state index in [2.05, 4.69) is 22.3 Å². The second kappa shape index (κ2) is 9.91. The van der Waals surface area contributed by atoms with Crippen molar-refractivity contribution in [2.75, 3.05) is 17.7 Å². The molecule has 1 aliphatic heterocycles. The van der Waals surface area contributed by atoms with Gasteiger partial charge in [-0.15, -0.1) is 5.10 Å². The molecule has 0 saturated heterocycles. The van der Waals surface area contributed by atoms with Crippen LogP contribution in [0.3, 0.4) is 0 Å². The highest BCUT2D eigenvalue weighted by Gasteiger charge is 2.35. The zero-order valence-electron chi connectivity index (χ0n) is 18.4. The van der Waals surface area contributed by atoms with Crippen molar-refractivity contribution in [3.63, 3.8) is 0 Å². The highest BCUT2D eigenvalue weighted by atomic mass is 32.2. The van der Waals surface area contributed by atoms with Gasteiger partial charge in [0.2, 0.25) is 11.1 Å². The van der Waals surface area contributed by atoms with Gasteiger partial charge in [-0.05, 0) is 42.9 Å². The number of aromatic nitrogens is 3. The second-order valence-corrected chi connectivity index (χ2v) is 8.46. The smallest absolute Gasteiger partial charge is 0.338 e. The molecule has 0 radical (unpaired) electrons. The molecule has 0 fully saturated rings. The highest BCUT2D eigenvalue weighted by molar-refractivity contribution is 7.99. The van der Waals surface area contributed by atoms with E-state index in [4.69, 9.17) is 9.47 Å². The molecule has 0 aliphatic carbocycles. The van der Waals surface area contributed by atoms with Crippen molar-refractivity contribution in [2.24, 2.45) is 0 Å². The molecule has 2 heterocycles. The van der Waals surface area contributed by atoms with Crippen LogP contribution in [-0.2, 0) is 16.1 Å². The van der Waals surface area contributed by atoms with E-state index in [0.717, 1.165) is 22.6 Å². The van der Waals surface area contributed by atoms with Crippen molar-refractivity contribution in [3.05, 3.63) is 77.0 Å². The minimum atomic E-state index is -0.468. The average Bonchev–Trinajstić information content (AvgIpc) is 3.20. The maximum Gasteiger partial charge on any atom is 0.338 e. The van der Waals surface area contributed by atoms with E-state index in [0.29, 0.717) is 35.6 Å². The lowest BCUT2D eigenvalue weighted by Gasteiger charge is -2.28. The third kappa shape index (κ3) is 4.65. The maximum atomic E-state index is 12.9. The van der Waals surface area contributed by atoms with Gasteiger partial charge in [0.25, 0.3) is 0 Å². The Labute approximate surface area is 191 Å². The van der Waals surface area contributed by atoms with Crippen molar-refractivity contribution >= 4 is 23.7 Å². The molecule has 8 heteroatoms. The summed E-state index contributed by atoms with van der Waals surface area (Å²) in [5.41, 5.74) is 3.18. The lowest BCUT2D eigenvalue weighted by molar-refractivity contribution is -0.139. The van der Waals surface area contributed by atoms with E-state index >= 15 is 0 Å². The van der Waals surface area contributed by atoms with Crippen LogP contribution in [0.25, 0.3) is 0 Å². The summed E-state index contributed by atoms with van der Waals surface area (Å²) >= 11 is 1.55. The molecule has 7 nitrogen and oxygen atoms in total. The number of nitrogens with one attached hydrogen (secondary N) is 1. The van der Waals surface area contributed by atoms with Crippen LogP contribution in [0.1, 0.15) is 37.9 Å². The predicted molar refractivity (Wildman–Crippen MR) is 125 cm³/mol. The number of carbonyl (C=O) groups is 1. The van der Waals surface area contributed by atoms with Gasteiger partial charge >= 0.3 is 5.97 Å². The molecule has 0 bridgehead atoms. The van der Waals surface area contributed by atoms with Crippen LogP contribution in [0.15, 0.2) is 71.0 Å². The predicted octanol–water partition coefficient (Wildman–Crippen LogP) is 4.82. The van der Waals surface area contributed by atoms with Gasteiger partial charge in [-0.2, -0.15) is 4.98 Å². The Kier molecular flexibility index (Phi) is 6.80. The van der Waals surface area contributed by atoms with Crippen molar-refractivity contribution < 1.29 is 14.3 Å². The normalized spacial score (nSPS) is 15.2. The molecule has 0 spiro atoms. The topological polar surface area (TPSA) is 78.3 Å². The Morgan fingerprint density at radius 3 is 2.72 bits per heavy atom. The molecule has 1 unspecified atom stereocenters. The number of carbonyl (C=O) groups excluding carboxylic acids is 1.